The fourth-order valence-electron chi connectivity index (χ4n) is 2.75. The molecule has 0 spiro atoms. The summed E-state index contributed by atoms with van der Waals surface area (Å²) in [7, 11) is 1.49. The Morgan fingerprint density at radius 3 is 2.39 bits per heavy atom. The van der Waals surface area contributed by atoms with Crippen LogP contribution in [0.4, 0.5) is 24.5 Å². The summed E-state index contributed by atoms with van der Waals surface area (Å²) in [5.74, 6) is -0.457. The topological polar surface area (TPSA) is 75.5 Å². The molecule has 0 saturated heterocycles. The van der Waals surface area contributed by atoms with Crippen LogP contribution < -0.4 is 5.32 Å². The van der Waals surface area contributed by atoms with Gasteiger partial charge in [0.1, 0.15) is 5.69 Å². The van der Waals surface area contributed by atoms with Crippen molar-refractivity contribution in [1.82, 2.24) is 4.90 Å². The second-order valence-corrected chi connectivity index (χ2v) is 6.76. The van der Waals surface area contributed by atoms with Crippen molar-refractivity contribution in [3.8, 4) is 0 Å². The molecule has 1 fully saturated rings. The Hall–Kier alpha value is -3.10. The van der Waals surface area contributed by atoms with Gasteiger partial charge >= 0.3 is 6.18 Å². The number of nitro benzene ring substituents is 1. The van der Waals surface area contributed by atoms with Crippen molar-refractivity contribution in [3.05, 3.63) is 69.3 Å². The molecule has 148 valence electrons. The molecule has 0 bridgehead atoms. The maximum absolute atomic E-state index is 12.6. The van der Waals surface area contributed by atoms with Gasteiger partial charge in [-0.1, -0.05) is 12.1 Å². The zero-order valence-corrected chi connectivity index (χ0v) is 15.0. The average Bonchev–Trinajstić information content (AvgIpc) is 3.45. The van der Waals surface area contributed by atoms with E-state index in [1.807, 2.05) is 0 Å². The molecule has 2 aromatic rings. The number of alkyl halides is 3. The van der Waals surface area contributed by atoms with Gasteiger partial charge in [-0.15, -0.1) is 0 Å². The van der Waals surface area contributed by atoms with E-state index in [9.17, 15) is 28.1 Å². The minimum atomic E-state index is -4.42. The van der Waals surface area contributed by atoms with E-state index in [4.69, 9.17) is 0 Å². The molecule has 1 N–H and O–H groups in total. The number of nitro groups is 1. The monoisotopic (exact) mass is 393 g/mol. The van der Waals surface area contributed by atoms with Gasteiger partial charge in [-0.05, 0) is 42.7 Å². The van der Waals surface area contributed by atoms with Crippen LogP contribution in [0, 0.1) is 10.1 Å². The number of rotatable bonds is 6. The highest BCUT2D eigenvalue weighted by Gasteiger charge is 2.30. The quantitative estimate of drug-likeness (QED) is 0.581. The number of amides is 1. The number of hydrogen-bond acceptors (Lipinski definition) is 4. The summed E-state index contributed by atoms with van der Waals surface area (Å²) >= 11 is 0. The Morgan fingerprint density at radius 1 is 1.21 bits per heavy atom. The first-order chi connectivity index (χ1) is 13.1. The van der Waals surface area contributed by atoms with Gasteiger partial charge in [0.05, 0.1) is 10.5 Å². The van der Waals surface area contributed by atoms with Crippen molar-refractivity contribution in [2.24, 2.45) is 0 Å². The molecule has 0 aromatic heterocycles. The minimum Gasteiger partial charge on any atom is -0.377 e. The molecule has 9 heteroatoms. The molecule has 0 heterocycles. The van der Waals surface area contributed by atoms with Crippen LogP contribution >= 0.6 is 0 Å². The number of carbonyl (C=O) groups excluding carboxylic acids is 1. The number of nitrogens with zero attached hydrogens (tertiary/aromatic N) is 2. The van der Waals surface area contributed by atoms with Crippen LogP contribution in [0.3, 0.4) is 0 Å². The standard InChI is InChI=1S/C19H18F3N3O3/c1-24(11-12-2-5-14(6-3-12)19(20,21)22)18(26)13-4-9-16(23-15-7-8-15)17(10-13)25(27)28/h2-6,9-10,15,23H,7-8,11H2,1H3. The SMILES string of the molecule is CN(Cc1ccc(C(F)(F)F)cc1)C(=O)c1ccc(NC2CC2)c([N+](=O)[O-])c1. The molecular formula is C19H18F3N3O3. The summed E-state index contributed by atoms with van der Waals surface area (Å²) in [6.45, 7) is 0.0762. The fourth-order valence-corrected chi connectivity index (χ4v) is 2.75. The molecule has 0 radical (unpaired) electrons. The van der Waals surface area contributed by atoms with Gasteiger partial charge in [-0.2, -0.15) is 13.2 Å². The average molecular weight is 393 g/mol. The third-order valence-electron chi connectivity index (χ3n) is 4.43. The van der Waals surface area contributed by atoms with Gasteiger partial charge in [0.25, 0.3) is 11.6 Å². The smallest absolute Gasteiger partial charge is 0.377 e. The van der Waals surface area contributed by atoms with Crippen molar-refractivity contribution < 1.29 is 22.9 Å². The van der Waals surface area contributed by atoms with Crippen LogP contribution in [0.15, 0.2) is 42.5 Å². The lowest BCUT2D eigenvalue weighted by Crippen LogP contribution is -2.26. The van der Waals surface area contributed by atoms with E-state index in [1.54, 1.807) is 0 Å². The Morgan fingerprint density at radius 2 is 1.86 bits per heavy atom. The molecule has 0 unspecified atom stereocenters. The number of anilines is 1. The summed E-state index contributed by atoms with van der Waals surface area (Å²) in [5, 5.41) is 14.4. The van der Waals surface area contributed by atoms with E-state index in [0.29, 0.717) is 11.3 Å². The highest BCUT2D eigenvalue weighted by molar-refractivity contribution is 5.95. The number of nitrogens with one attached hydrogen (secondary N) is 1. The van der Waals surface area contributed by atoms with Crippen LogP contribution in [-0.2, 0) is 12.7 Å². The van der Waals surface area contributed by atoms with Crippen molar-refractivity contribution in [3.63, 3.8) is 0 Å². The summed E-state index contributed by atoms with van der Waals surface area (Å²) in [4.78, 5) is 24.7. The predicted octanol–water partition coefficient (Wildman–Crippen LogP) is 4.46. The molecule has 0 atom stereocenters. The van der Waals surface area contributed by atoms with E-state index in [0.717, 1.165) is 25.0 Å². The van der Waals surface area contributed by atoms with E-state index in [2.05, 4.69) is 5.32 Å². The van der Waals surface area contributed by atoms with E-state index in [1.165, 1.54) is 42.3 Å². The number of hydrogen-bond donors (Lipinski definition) is 1. The van der Waals surface area contributed by atoms with Gasteiger partial charge < -0.3 is 10.2 Å². The lowest BCUT2D eigenvalue weighted by Gasteiger charge is -2.18. The molecule has 1 saturated carbocycles. The molecule has 1 amide bonds. The summed E-state index contributed by atoms with van der Waals surface area (Å²) < 4.78 is 37.9. The summed E-state index contributed by atoms with van der Waals surface area (Å²) in [6, 6.07) is 8.97. The highest BCUT2D eigenvalue weighted by Crippen LogP contribution is 2.32. The van der Waals surface area contributed by atoms with Gasteiger partial charge in [-0.3, -0.25) is 14.9 Å². The molecule has 0 aliphatic heterocycles. The Labute approximate surface area is 159 Å². The van der Waals surface area contributed by atoms with Crippen LogP contribution in [-0.4, -0.2) is 28.8 Å². The molecule has 6 nitrogen and oxygen atoms in total. The van der Waals surface area contributed by atoms with Crippen molar-refractivity contribution >= 4 is 17.3 Å². The third kappa shape index (κ3) is 4.59. The zero-order valence-electron chi connectivity index (χ0n) is 15.0. The van der Waals surface area contributed by atoms with Gasteiger partial charge in [0.15, 0.2) is 0 Å². The van der Waals surface area contributed by atoms with Crippen molar-refractivity contribution in [1.29, 1.82) is 0 Å². The summed E-state index contributed by atoms with van der Waals surface area (Å²) in [5.41, 5.74) is 0.0857. The lowest BCUT2D eigenvalue weighted by atomic mass is 10.1. The Balaban J connectivity index is 1.73. The molecule has 1 aliphatic rings. The molecule has 28 heavy (non-hydrogen) atoms. The Kier molecular flexibility index (Phi) is 5.26. The first-order valence-corrected chi connectivity index (χ1v) is 8.62. The van der Waals surface area contributed by atoms with Gasteiger partial charge in [0.2, 0.25) is 0 Å². The van der Waals surface area contributed by atoms with Crippen LogP contribution in [0.5, 0.6) is 0 Å². The Bertz CT molecular complexity index is 894. The summed E-state index contributed by atoms with van der Waals surface area (Å²) in [6.07, 6.45) is -2.52. The molecule has 2 aromatic carbocycles. The second-order valence-electron chi connectivity index (χ2n) is 6.76. The van der Waals surface area contributed by atoms with Crippen molar-refractivity contribution in [2.45, 2.75) is 31.6 Å². The van der Waals surface area contributed by atoms with Crippen LogP contribution in [0.25, 0.3) is 0 Å². The fraction of sp³-hybridized carbons (Fsp3) is 0.316. The maximum Gasteiger partial charge on any atom is 0.416 e. The third-order valence-corrected chi connectivity index (χ3v) is 4.43. The minimum absolute atomic E-state index is 0.0762. The maximum atomic E-state index is 12.6. The molecule has 1 aliphatic carbocycles. The van der Waals surface area contributed by atoms with Crippen LogP contribution in [0.1, 0.15) is 34.3 Å². The second kappa shape index (κ2) is 7.49. The molecule has 3 rings (SSSR count). The first-order valence-electron chi connectivity index (χ1n) is 8.62. The number of benzene rings is 2. The highest BCUT2D eigenvalue weighted by atomic mass is 19.4. The predicted molar refractivity (Wildman–Crippen MR) is 97.0 cm³/mol. The van der Waals surface area contributed by atoms with E-state index >= 15 is 0 Å². The van der Waals surface area contributed by atoms with Crippen LogP contribution in [0.2, 0.25) is 0 Å². The van der Waals surface area contributed by atoms with E-state index < -0.39 is 22.6 Å². The first kappa shape index (κ1) is 19.7. The zero-order chi connectivity index (χ0) is 20.5. The van der Waals surface area contributed by atoms with Gasteiger partial charge in [0, 0.05) is 31.3 Å². The normalized spacial score (nSPS) is 13.9. The lowest BCUT2D eigenvalue weighted by molar-refractivity contribution is -0.384. The van der Waals surface area contributed by atoms with Crippen molar-refractivity contribution in [2.75, 3.05) is 12.4 Å². The largest absolute Gasteiger partial charge is 0.416 e. The van der Waals surface area contributed by atoms with E-state index in [-0.39, 0.29) is 23.8 Å². The number of halogens is 3. The molecular weight excluding hydrogens is 375 g/mol. The number of carbonyl (C=O) groups is 1. The van der Waals surface area contributed by atoms with Gasteiger partial charge in [-0.25, -0.2) is 0 Å².